The van der Waals surface area contributed by atoms with Gasteiger partial charge in [0.15, 0.2) is 0 Å². The van der Waals surface area contributed by atoms with Gasteiger partial charge in [0.2, 0.25) is 5.82 Å². The molecule has 0 aliphatic rings. The summed E-state index contributed by atoms with van der Waals surface area (Å²) in [6.07, 6.45) is 0.726. The topological polar surface area (TPSA) is 77.8 Å². The number of nitrogens with two attached hydrogens (primary N) is 1. The van der Waals surface area contributed by atoms with Gasteiger partial charge in [0.1, 0.15) is 11.5 Å². The molecule has 0 aliphatic heterocycles. The molecule has 2 heterocycles. The minimum atomic E-state index is -0.302. The molecule has 102 valence electrons. The van der Waals surface area contributed by atoms with Gasteiger partial charge in [-0.05, 0) is 30.8 Å². The number of aromatic nitrogens is 3. The maximum atomic E-state index is 12.9. The van der Waals surface area contributed by atoms with Crippen LogP contribution in [0.1, 0.15) is 5.01 Å². The van der Waals surface area contributed by atoms with Gasteiger partial charge in [-0.25, -0.2) is 9.37 Å². The second-order valence-corrected chi connectivity index (χ2v) is 5.04. The molecule has 3 aromatic rings. The van der Waals surface area contributed by atoms with Crippen molar-refractivity contribution in [1.82, 2.24) is 15.1 Å². The first-order valence-electron chi connectivity index (χ1n) is 6.01. The van der Waals surface area contributed by atoms with Crippen LogP contribution < -0.4 is 5.73 Å². The van der Waals surface area contributed by atoms with Crippen LogP contribution in [0, 0.1) is 5.82 Å². The predicted molar refractivity (Wildman–Crippen MR) is 73.6 cm³/mol. The van der Waals surface area contributed by atoms with E-state index in [1.807, 2.05) is 5.38 Å². The van der Waals surface area contributed by atoms with Crippen LogP contribution in [0.3, 0.4) is 0 Å². The molecule has 1 aromatic carbocycles. The van der Waals surface area contributed by atoms with Crippen molar-refractivity contribution in [3.05, 3.63) is 40.5 Å². The zero-order valence-electron chi connectivity index (χ0n) is 10.4. The highest BCUT2D eigenvalue weighted by atomic mass is 32.1. The van der Waals surface area contributed by atoms with Gasteiger partial charge in [-0.2, -0.15) is 4.98 Å². The van der Waals surface area contributed by atoms with Gasteiger partial charge >= 0.3 is 0 Å². The maximum Gasteiger partial charge on any atom is 0.277 e. The highest BCUT2D eigenvalue weighted by Crippen LogP contribution is 2.23. The van der Waals surface area contributed by atoms with E-state index in [-0.39, 0.29) is 5.82 Å². The average Bonchev–Trinajstić information content (AvgIpc) is 3.08. The van der Waals surface area contributed by atoms with Crippen LogP contribution in [0.4, 0.5) is 4.39 Å². The number of benzene rings is 1. The van der Waals surface area contributed by atoms with E-state index in [9.17, 15) is 4.39 Å². The standard InChI is InChI=1S/C13H11FN4OS/c14-9-3-1-8(2-4-9)12-17-13(19-18-12)10-7-20-11(16-10)5-6-15/h1-4,7H,5-6,15H2. The van der Waals surface area contributed by atoms with Gasteiger partial charge in [-0.15, -0.1) is 11.3 Å². The van der Waals surface area contributed by atoms with Gasteiger partial charge < -0.3 is 10.3 Å². The molecule has 0 aliphatic carbocycles. The summed E-state index contributed by atoms with van der Waals surface area (Å²) in [5.74, 6) is 0.459. The zero-order valence-corrected chi connectivity index (χ0v) is 11.2. The van der Waals surface area contributed by atoms with Crippen LogP contribution in [0.5, 0.6) is 0 Å². The summed E-state index contributed by atoms with van der Waals surface area (Å²) in [5, 5.41) is 6.67. The molecule has 2 N–H and O–H groups in total. The van der Waals surface area contributed by atoms with E-state index in [0.29, 0.717) is 29.5 Å². The molecule has 7 heteroatoms. The van der Waals surface area contributed by atoms with Crippen molar-refractivity contribution in [3.63, 3.8) is 0 Å². The van der Waals surface area contributed by atoms with E-state index in [1.54, 1.807) is 12.1 Å². The molecular weight excluding hydrogens is 279 g/mol. The third-order valence-electron chi connectivity index (χ3n) is 2.66. The molecule has 0 radical (unpaired) electrons. The Balaban J connectivity index is 1.87. The summed E-state index contributed by atoms with van der Waals surface area (Å²) >= 11 is 1.51. The van der Waals surface area contributed by atoms with Crippen LogP contribution >= 0.6 is 11.3 Å². The minimum absolute atomic E-state index is 0.302. The van der Waals surface area contributed by atoms with Crippen molar-refractivity contribution >= 4 is 11.3 Å². The van der Waals surface area contributed by atoms with Crippen molar-refractivity contribution in [2.75, 3.05) is 6.54 Å². The summed E-state index contributed by atoms with van der Waals surface area (Å²) in [6, 6.07) is 5.91. The van der Waals surface area contributed by atoms with Crippen molar-refractivity contribution < 1.29 is 8.91 Å². The monoisotopic (exact) mass is 290 g/mol. The SMILES string of the molecule is NCCc1nc(-c2nc(-c3ccc(F)cc3)no2)cs1. The smallest absolute Gasteiger partial charge is 0.277 e. The molecule has 0 saturated heterocycles. The fourth-order valence-electron chi connectivity index (χ4n) is 1.69. The van der Waals surface area contributed by atoms with Crippen LogP contribution in [-0.2, 0) is 6.42 Å². The van der Waals surface area contributed by atoms with Crippen LogP contribution in [-0.4, -0.2) is 21.7 Å². The van der Waals surface area contributed by atoms with Crippen molar-refractivity contribution in [3.8, 4) is 23.0 Å². The number of thiazole rings is 1. The Labute approximate surface area is 118 Å². The normalized spacial score (nSPS) is 10.9. The van der Waals surface area contributed by atoms with E-state index in [4.69, 9.17) is 10.3 Å². The Kier molecular flexibility index (Phi) is 3.53. The highest BCUT2D eigenvalue weighted by molar-refractivity contribution is 7.09. The minimum Gasteiger partial charge on any atom is -0.332 e. The largest absolute Gasteiger partial charge is 0.332 e. The number of halogens is 1. The molecule has 0 fully saturated rings. The lowest BCUT2D eigenvalue weighted by Crippen LogP contribution is -2.01. The summed E-state index contributed by atoms with van der Waals surface area (Å²) in [4.78, 5) is 8.64. The molecule has 2 aromatic heterocycles. The second-order valence-electron chi connectivity index (χ2n) is 4.10. The third kappa shape index (κ3) is 2.59. The van der Waals surface area contributed by atoms with E-state index in [1.165, 1.54) is 23.5 Å². The molecule has 5 nitrogen and oxygen atoms in total. The summed E-state index contributed by atoms with van der Waals surface area (Å²) in [6.45, 7) is 0.553. The van der Waals surface area contributed by atoms with E-state index < -0.39 is 0 Å². The van der Waals surface area contributed by atoms with Gasteiger partial charge in [0.25, 0.3) is 5.89 Å². The number of nitrogens with zero attached hydrogens (tertiary/aromatic N) is 3. The third-order valence-corrected chi connectivity index (χ3v) is 3.57. The lowest BCUT2D eigenvalue weighted by Gasteiger charge is -1.92. The molecule has 0 amide bonds. The molecule has 0 atom stereocenters. The Morgan fingerprint density at radius 1 is 1.20 bits per heavy atom. The van der Waals surface area contributed by atoms with Crippen molar-refractivity contribution in [2.45, 2.75) is 6.42 Å². The highest BCUT2D eigenvalue weighted by Gasteiger charge is 2.13. The molecule has 0 bridgehead atoms. The molecule has 20 heavy (non-hydrogen) atoms. The number of rotatable bonds is 4. The molecule has 3 rings (SSSR count). The Morgan fingerprint density at radius 2 is 2.00 bits per heavy atom. The quantitative estimate of drug-likeness (QED) is 0.798. The molecular formula is C13H11FN4OS. The van der Waals surface area contributed by atoms with Crippen molar-refractivity contribution in [2.24, 2.45) is 5.73 Å². The van der Waals surface area contributed by atoms with Gasteiger partial charge in [0, 0.05) is 17.4 Å². The fourth-order valence-corrected chi connectivity index (χ4v) is 2.48. The maximum absolute atomic E-state index is 12.9. The molecule has 0 unspecified atom stereocenters. The van der Waals surface area contributed by atoms with E-state index in [2.05, 4.69) is 15.1 Å². The molecule has 0 saturated carbocycles. The lowest BCUT2D eigenvalue weighted by atomic mass is 10.2. The second kappa shape index (κ2) is 5.48. The fraction of sp³-hybridized carbons (Fsp3) is 0.154. The first-order valence-corrected chi connectivity index (χ1v) is 6.89. The van der Waals surface area contributed by atoms with Crippen molar-refractivity contribution in [1.29, 1.82) is 0 Å². The predicted octanol–water partition coefficient (Wildman–Crippen LogP) is 2.50. The van der Waals surface area contributed by atoms with Gasteiger partial charge in [-0.3, -0.25) is 0 Å². The lowest BCUT2D eigenvalue weighted by molar-refractivity contribution is 0.431. The van der Waals surface area contributed by atoms with E-state index >= 15 is 0 Å². The zero-order chi connectivity index (χ0) is 13.9. The Bertz CT molecular complexity index is 707. The average molecular weight is 290 g/mol. The number of hydrogen-bond acceptors (Lipinski definition) is 6. The van der Waals surface area contributed by atoms with Crippen LogP contribution in [0.2, 0.25) is 0 Å². The number of hydrogen-bond donors (Lipinski definition) is 1. The van der Waals surface area contributed by atoms with Gasteiger partial charge in [0.05, 0.1) is 5.01 Å². The summed E-state index contributed by atoms with van der Waals surface area (Å²) in [5.41, 5.74) is 6.82. The van der Waals surface area contributed by atoms with E-state index in [0.717, 1.165) is 11.4 Å². The van der Waals surface area contributed by atoms with Crippen LogP contribution in [0.15, 0.2) is 34.2 Å². The first-order chi connectivity index (χ1) is 9.76. The summed E-state index contributed by atoms with van der Waals surface area (Å²) < 4.78 is 18.0. The Hall–Kier alpha value is -2.12. The first kappa shape index (κ1) is 12.9. The molecule has 0 spiro atoms. The Morgan fingerprint density at radius 3 is 2.75 bits per heavy atom. The van der Waals surface area contributed by atoms with Gasteiger partial charge in [-0.1, -0.05) is 5.16 Å². The van der Waals surface area contributed by atoms with Crippen LogP contribution in [0.25, 0.3) is 23.0 Å². The summed E-state index contributed by atoms with van der Waals surface area (Å²) in [7, 11) is 0.